The summed E-state index contributed by atoms with van der Waals surface area (Å²) in [6.07, 6.45) is 0. The third-order valence-corrected chi connectivity index (χ3v) is 3.53. The first-order chi connectivity index (χ1) is 12.3. The van der Waals surface area contributed by atoms with E-state index in [1.807, 2.05) is 0 Å². The van der Waals surface area contributed by atoms with Gasteiger partial charge < -0.3 is 15.4 Å². The van der Waals surface area contributed by atoms with Crippen LogP contribution in [0, 0.1) is 27.2 Å². The maximum absolute atomic E-state index is 12.1. The molecule has 0 fully saturated rings. The van der Waals surface area contributed by atoms with E-state index in [0.29, 0.717) is 16.9 Å². The Balaban J connectivity index is 2.03. The zero-order valence-corrected chi connectivity index (χ0v) is 14.0. The molecule has 0 saturated carbocycles. The Morgan fingerprint density at radius 1 is 1.12 bits per heavy atom. The topological polar surface area (TPSA) is 137 Å². The van der Waals surface area contributed by atoms with Gasteiger partial charge in [0.2, 0.25) is 5.91 Å². The predicted octanol–water partition coefficient (Wildman–Crippen LogP) is 2.87. The summed E-state index contributed by atoms with van der Waals surface area (Å²) in [5.41, 5.74) is 1.22. The lowest BCUT2D eigenvalue weighted by Crippen LogP contribution is -2.22. The normalized spacial score (nSPS) is 10.1. The average Bonchev–Trinajstić information content (AvgIpc) is 2.61. The molecular weight excluding hydrogens is 344 g/mol. The van der Waals surface area contributed by atoms with Gasteiger partial charge in [-0.2, -0.15) is 0 Å². The van der Waals surface area contributed by atoms with Crippen LogP contribution in [0.1, 0.15) is 5.56 Å². The van der Waals surface area contributed by atoms with E-state index in [1.165, 1.54) is 43.5 Å². The third-order valence-electron chi connectivity index (χ3n) is 3.53. The summed E-state index contributed by atoms with van der Waals surface area (Å²) in [5, 5.41) is 27.1. The van der Waals surface area contributed by atoms with Crippen molar-refractivity contribution in [2.45, 2.75) is 6.92 Å². The molecule has 0 bridgehead atoms. The van der Waals surface area contributed by atoms with Gasteiger partial charge in [-0.25, -0.2) is 0 Å². The van der Waals surface area contributed by atoms with Crippen molar-refractivity contribution in [3.8, 4) is 5.75 Å². The van der Waals surface area contributed by atoms with Crippen LogP contribution in [-0.2, 0) is 4.79 Å². The van der Waals surface area contributed by atoms with Crippen molar-refractivity contribution in [1.29, 1.82) is 0 Å². The molecular formula is C16H16N4O6. The maximum Gasteiger partial charge on any atom is 0.311 e. The molecule has 2 aromatic rings. The summed E-state index contributed by atoms with van der Waals surface area (Å²) >= 11 is 0. The van der Waals surface area contributed by atoms with Crippen LogP contribution in [0.4, 0.5) is 22.7 Å². The quantitative estimate of drug-likeness (QED) is 0.572. The van der Waals surface area contributed by atoms with Gasteiger partial charge in [0.1, 0.15) is 0 Å². The van der Waals surface area contributed by atoms with E-state index in [4.69, 9.17) is 4.74 Å². The summed E-state index contributed by atoms with van der Waals surface area (Å²) in [7, 11) is 1.30. The highest BCUT2D eigenvalue weighted by Gasteiger charge is 2.18. The van der Waals surface area contributed by atoms with Crippen LogP contribution in [0.2, 0.25) is 0 Å². The number of ether oxygens (including phenoxy) is 1. The summed E-state index contributed by atoms with van der Waals surface area (Å²) in [6, 6.07) is 8.34. The summed E-state index contributed by atoms with van der Waals surface area (Å²) in [5.74, 6) is -0.346. The fraction of sp³-hybridized carbons (Fsp3) is 0.188. The van der Waals surface area contributed by atoms with Crippen molar-refractivity contribution in [3.63, 3.8) is 0 Å². The van der Waals surface area contributed by atoms with Gasteiger partial charge >= 0.3 is 5.69 Å². The van der Waals surface area contributed by atoms with E-state index in [1.54, 1.807) is 6.92 Å². The molecule has 26 heavy (non-hydrogen) atoms. The van der Waals surface area contributed by atoms with Crippen molar-refractivity contribution in [1.82, 2.24) is 0 Å². The van der Waals surface area contributed by atoms with E-state index in [-0.39, 0.29) is 29.6 Å². The summed E-state index contributed by atoms with van der Waals surface area (Å²) < 4.78 is 4.98. The second-order valence-corrected chi connectivity index (χ2v) is 5.30. The maximum atomic E-state index is 12.1. The van der Waals surface area contributed by atoms with E-state index in [0.717, 1.165) is 0 Å². The summed E-state index contributed by atoms with van der Waals surface area (Å²) in [4.78, 5) is 32.6. The molecule has 2 rings (SSSR count). The Bertz CT molecular complexity index is 851. The number of nitro benzene ring substituents is 2. The molecule has 0 aliphatic carbocycles. The molecule has 0 radical (unpaired) electrons. The number of nitrogens with one attached hydrogen (secondary N) is 2. The molecule has 2 aromatic carbocycles. The SMILES string of the molecule is COc1cc(NC(=O)CNc2ccc([N+](=O)[O-])cc2)c(C)cc1[N+](=O)[O-]. The fourth-order valence-corrected chi connectivity index (χ4v) is 2.19. The predicted molar refractivity (Wildman–Crippen MR) is 94.6 cm³/mol. The van der Waals surface area contributed by atoms with Crippen LogP contribution in [0.3, 0.4) is 0 Å². The van der Waals surface area contributed by atoms with Crippen LogP contribution in [0.5, 0.6) is 5.75 Å². The van der Waals surface area contributed by atoms with E-state index >= 15 is 0 Å². The molecule has 10 heteroatoms. The molecule has 0 saturated heterocycles. The van der Waals surface area contributed by atoms with Crippen molar-refractivity contribution >= 4 is 28.7 Å². The van der Waals surface area contributed by atoms with Gasteiger partial charge in [-0.05, 0) is 24.6 Å². The molecule has 0 atom stereocenters. The lowest BCUT2D eigenvalue weighted by molar-refractivity contribution is -0.385. The Labute approximate surface area is 148 Å². The number of carbonyl (C=O) groups excluding carboxylic acids is 1. The van der Waals surface area contributed by atoms with Crippen molar-refractivity contribution in [2.75, 3.05) is 24.3 Å². The second-order valence-electron chi connectivity index (χ2n) is 5.30. The minimum Gasteiger partial charge on any atom is -0.490 e. The summed E-state index contributed by atoms with van der Waals surface area (Å²) in [6.45, 7) is 1.54. The number of rotatable bonds is 7. The number of methoxy groups -OCH3 is 1. The highest BCUT2D eigenvalue weighted by atomic mass is 16.6. The first-order valence-corrected chi connectivity index (χ1v) is 7.43. The lowest BCUT2D eigenvalue weighted by Gasteiger charge is -2.11. The average molecular weight is 360 g/mol. The van der Waals surface area contributed by atoms with E-state index in [2.05, 4.69) is 10.6 Å². The third kappa shape index (κ3) is 4.44. The molecule has 136 valence electrons. The molecule has 0 unspecified atom stereocenters. The monoisotopic (exact) mass is 360 g/mol. The number of anilines is 2. The Morgan fingerprint density at radius 2 is 1.77 bits per heavy atom. The van der Waals surface area contributed by atoms with Crippen LogP contribution in [0.25, 0.3) is 0 Å². The first kappa shape index (κ1) is 18.6. The minimum absolute atomic E-state index is 0.0410. The van der Waals surface area contributed by atoms with Crippen molar-refractivity contribution in [2.24, 2.45) is 0 Å². The molecule has 1 amide bonds. The molecule has 10 nitrogen and oxygen atoms in total. The number of amides is 1. The highest BCUT2D eigenvalue weighted by Crippen LogP contribution is 2.32. The van der Waals surface area contributed by atoms with Crippen LogP contribution >= 0.6 is 0 Å². The lowest BCUT2D eigenvalue weighted by atomic mass is 10.1. The molecule has 0 aromatic heterocycles. The first-order valence-electron chi connectivity index (χ1n) is 7.43. The number of carbonyl (C=O) groups is 1. The Kier molecular flexibility index (Phi) is 5.68. The molecule has 0 aliphatic heterocycles. The van der Waals surface area contributed by atoms with Gasteiger partial charge in [-0.15, -0.1) is 0 Å². The van der Waals surface area contributed by atoms with Gasteiger partial charge in [0.05, 0.1) is 23.5 Å². The van der Waals surface area contributed by atoms with Crippen LogP contribution < -0.4 is 15.4 Å². The highest BCUT2D eigenvalue weighted by molar-refractivity contribution is 5.95. The number of nitro groups is 2. The Morgan fingerprint density at radius 3 is 2.31 bits per heavy atom. The van der Waals surface area contributed by atoms with E-state index in [9.17, 15) is 25.0 Å². The van der Waals surface area contributed by atoms with Gasteiger partial charge in [0.25, 0.3) is 5.69 Å². The molecule has 0 heterocycles. The smallest absolute Gasteiger partial charge is 0.311 e. The Hall–Kier alpha value is -3.69. The standard InChI is InChI=1S/C16H16N4O6/c1-10-7-14(20(24)25)15(26-2)8-13(10)18-16(21)9-17-11-3-5-12(6-4-11)19(22)23/h3-8,17H,9H2,1-2H3,(H,18,21). The van der Waals surface area contributed by atoms with Gasteiger partial charge in [0, 0.05) is 35.6 Å². The van der Waals surface area contributed by atoms with Gasteiger partial charge in [-0.3, -0.25) is 25.0 Å². The minimum atomic E-state index is -0.562. The van der Waals surface area contributed by atoms with Gasteiger partial charge in [0.15, 0.2) is 5.75 Å². The molecule has 0 aliphatic rings. The van der Waals surface area contributed by atoms with Crippen molar-refractivity contribution in [3.05, 3.63) is 62.2 Å². The number of non-ortho nitro benzene ring substituents is 1. The number of hydrogen-bond acceptors (Lipinski definition) is 7. The number of hydrogen-bond donors (Lipinski definition) is 2. The largest absolute Gasteiger partial charge is 0.490 e. The fourth-order valence-electron chi connectivity index (χ4n) is 2.19. The molecule has 0 spiro atoms. The number of benzene rings is 2. The second kappa shape index (κ2) is 7.92. The number of nitrogens with zero attached hydrogens (tertiary/aromatic N) is 2. The van der Waals surface area contributed by atoms with Crippen LogP contribution in [-0.4, -0.2) is 29.4 Å². The zero-order chi connectivity index (χ0) is 19.3. The van der Waals surface area contributed by atoms with Gasteiger partial charge in [-0.1, -0.05) is 0 Å². The molecule has 2 N–H and O–H groups in total. The van der Waals surface area contributed by atoms with Crippen LogP contribution in [0.15, 0.2) is 36.4 Å². The van der Waals surface area contributed by atoms with E-state index < -0.39 is 9.85 Å². The van der Waals surface area contributed by atoms with Crippen molar-refractivity contribution < 1.29 is 19.4 Å². The zero-order valence-electron chi connectivity index (χ0n) is 14.0. The number of aryl methyl sites for hydroxylation is 1.